The Balaban J connectivity index is 2.14. The van der Waals surface area contributed by atoms with Gasteiger partial charge in [0.1, 0.15) is 12.6 Å². The van der Waals surface area contributed by atoms with E-state index in [1.807, 2.05) is 0 Å². The Kier molecular flexibility index (Phi) is 4.32. The highest BCUT2D eigenvalue weighted by atomic mass is 35.5. The molecule has 7 heteroatoms. The number of aliphatic carboxylic acids is 1. The molecule has 1 amide bonds. The normalized spacial score (nSPS) is 19.1. The van der Waals surface area contributed by atoms with Gasteiger partial charge in [0.25, 0.3) is 0 Å². The summed E-state index contributed by atoms with van der Waals surface area (Å²) in [4.78, 5) is 25.0. The van der Waals surface area contributed by atoms with E-state index >= 15 is 0 Å². The van der Waals surface area contributed by atoms with Crippen LogP contribution in [-0.4, -0.2) is 44.3 Å². The molecule has 1 aliphatic heterocycles. The van der Waals surface area contributed by atoms with Gasteiger partial charge in [0.2, 0.25) is 5.91 Å². The van der Waals surface area contributed by atoms with Gasteiger partial charge in [-0.2, -0.15) is 5.10 Å². The second-order valence-corrected chi connectivity index (χ2v) is 5.46. The molecule has 1 fully saturated rings. The van der Waals surface area contributed by atoms with Crippen molar-refractivity contribution in [1.82, 2.24) is 14.7 Å². The maximum Gasteiger partial charge on any atom is 0.326 e. The number of piperidine rings is 1. The fourth-order valence-electron chi connectivity index (χ4n) is 2.53. The third kappa shape index (κ3) is 2.80. The number of rotatable bonds is 3. The van der Waals surface area contributed by atoms with Crippen LogP contribution in [0.2, 0.25) is 5.02 Å². The second-order valence-electron chi connectivity index (χ2n) is 5.08. The van der Waals surface area contributed by atoms with Crippen LogP contribution in [0.25, 0.3) is 0 Å². The highest BCUT2D eigenvalue weighted by Crippen LogP contribution is 2.21. The lowest BCUT2D eigenvalue weighted by Gasteiger charge is -2.33. The number of aromatic nitrogens is 2. The number of carbonyl (C=O) groups excluding carboxylic acids is 1. The molecule has 1 aromatic rings. The van der Waals surface area contributed by atoms with Crippen molar-refractivity contribution >= 4 is 23.5 Å². The number of likely N-dealkylation sites (tertiary alicyclic amines) is 1. The predicted molar refractivity (Wildman–Crippen MR) is 73.7 cm³/mol. The molecule has 2 heterocycles. The van der Waals surface area contributed by atoms with Crippen LogP contribution in [0, 0.1) is 13.8 Å². The van der Waals surface area contributed by atoms with E-state index in [0.717, 1.165) is 18.5 Å². The Morgan fingerprint density at radius 1 is 1.40 bits per heavy atom. The van der Waals surface area contributed by atoms with Gasteiger partial charge in [0.15, 0.2) is 0 Å². The zero-order valence-corrected chi connectivity index (χ0v) is 12.4. The summed E-state index contributed by atoms with van der Waals surface area (Å²) in [7, 11) is 0. The van der Waals surface area contributed by atoms with E-state index in [4.69, 9.17) is 11.6 Å². The van der Waals surface area contributed by atoms with Crippen LogP contribution < -0.4 is 0 Å². The lowest BCUT2D eigenvalue weighted by Crippen LogP contribution is -2.49. The fourth-order valence-corrected chi connectivity index (χ4v) is 2.67. The average Bonchev–Trinajstić information content (AvgIpc) is 2.66. The molecule has 0 spiro atoms. The van der Waals surface area contributed by atoms with Crippen LogP contribution in [-0.2, 0) is 16.1 Å². The summed E-state index contributed by atoms with van der Waals surface area (Å²) in [5, 5.41) is 13.9. The summed E-state index contributed by atoms with van der Waals surface area (Å²) in [6.45, 7) is 4.09. The van der Waals surface area contributed by atoms with E-state index < -0.39 is 12.0 Å². The predicted octanol–water partition coefficient (Wildman–Crippen LogP) is 1.62. The summed E-state index contributed by atoms with van der Waals surface area (Å²) >= 11 is 6.04. The maximum atomic E-state index is 12.3. The van der Waals surface area contributed by atoms with E-state index in [1.54, 1.807) is 13.8 Å². The number of halogens is 1. The summed E-state index contributed by atoms with van der Waals surface area (Å²) in [5.74, 6) is -1.16. The topological polar surface area (TPSA) is 75.4 Å². The Hall–Kier alpha value is -1.56. The summed E-state index contributed by atoms with van der Waals surface area (Å²) in [6.07, 6.45) is 2.19. The highest BCUT2D eigenvalue weighted by Gasteiger charge is 2.32. The molecular weight excluding hydrogens is 282 g/mol. The Labute approximate surface area is 122 Å². The number of hydrogen-bond acceptors (Lipinski definition) is 3. The van der Waals surface area contributed by atoms with Crippen LogP contribution in [0.4, 0.5) is 0 Å². The first kappa shape index (κ1) is 14.8. The van der Waals surface area contributed by atoms with E-state index in [1.165, 1.54) is 9.58 Å². The minimum absolute atomic E-state index is 0.0309. The van der Waals surface area contributed by atoms with Gasteiger partial charge in [0.05, 0.1) is 16.4 Å². The lowest BCUT2D eigenvalue weighted by molar-refractivity contribution is -0.152. The van der Waals surface area contributed by atoms with Crippen LogP contribution in [0.3, 0.4) is 0 Å². The van der Waals surface area contributed by atoms with Crippen molar-refractivity contribution in [2.75, 3.05) is 6.54 Å². The smallest absolute Gasteiger partial charge is 0.326 e. The molecule has 20 heavy (non-hydrogen) atoms. The zero-order valence-electron chi connectivity index (χ0n) is 11.6. The zero-order chi connectivity index (χ0) is 14.9. The van der Waals surface area contributed by atoms with Gasteiger partial charge in [-0.3, -0.25) is 9.48 Å². The van der Waals surface area contributed by atoms with E-state index in [0.29, 0.717) is 23.7 Å². The standard InChI is InChI=1S/C13H18ClN3O3/c1-8-12(14)9(2)17(15-8)7-11(18)16-6-4-3-5-10(16)13(19)20/h10H,3-7H2,1-2H3,(H,19,20)/t10-/m0/s1. The van der Waals surface area contributed by atoms with Crippen molar-refractivity contribution in [2.24, 2.45) is 0 Å². The maximum absolute atomic E-state index is 12.3. The van der Waals surface area contributed by atoms with Crippen LogP contribution >= 0.6 is 11.6 Å². The molecule has 1 aliphatic rings. The summed E-state index contributed by atoms with van der Waals surface area (Å²) < 4.78 is 1.54. The SMILES string of the molecule is Cc1nn(CC(=O)N2CCCC[C@H]2C(=O)O)c(C)c1Cl. The van der Waals surface area contributed by atoms with E-state index in [-0.39, 0.29) is 12.5 Å². The summed E-state index contributed by atoms with van der Waals surface area (Å²) in [5.41, 5.74) is 1.40. The third-order valence-corrected chi connectivity index (χ3v) is 4.23. The first-order valence-corrected chi connectivity index (χ1v) is 7.01. The molecule has 1 N–H and O–H groups in total. The molecule has 2 rings (SSSR count). The lowest BCUT2D eigenvalue weighted by atomic mass is 10.0. The molecular formula is C13H18ClN3O3. The first-order chi connectivity index (χ1) is 9.41. The Morgan fingerprint density at radius 3 is 2.65 bits per heavy atom. The van der Waals surface area contributed by atoms with Gasteiger partial charge in [0, 0.05) is 6.54 Å². The van der Waals surface area contributed by atoms with Crippen molar-refractivity contribution in [3.05, 3.63) is 16.4 Å². The third-order valence-electron chi connectivity index (χ3n) is 3.69. The first-order valence-electron chi connectivity index (χ1n) is 6.63. The quantitative estimate of drug-likeness (QED) is 0.920. The molecule has 0 aliphatic carbocycles. The summed E-state index contributed by atoms with van der Waals surface area (Å²) in [6, 6.07) is -0.719. The van der Waals surface area contributed by atoms with Gasteiger partial charge >= 0.3 is 5.97 Å². The molecule has 0 unspecified atom stereocenters. The number of hydrogen-bond donors (Lipinski definition) is 1. The van der Waals surface area contributed by atoms with Gasteiger partial charge in [-0.1, -0.05) is 11.6 Å². The van der Waals surface area contributed by atoms with Crippen LogP contribution in [0.1, 0.15) is 30.7 Å². The van der Waals surface area contributed by atoms with Crippen molar-refractivity contribution in [2.45, 2.75) is 45.7 Å². The number of carbonyl (C=O) groups is 2. The van der Waals surface area contributed by atoms with Gasteiger partial charge < -0.3 is 10.0 Å². The van der Waals surface area contributed by atoms with Crippen LogP contribution in [0.15, 0.2) is 0 Å². The van der Waals surface area contributed by atoms with Crippen molar-refractivity contribution in [3.63, 3.8) is 0 Å². The number of nitrogens with zero attached hydrogens (tertiary/aromatic N) is 3. The molecule has 6 nitrogen and oxygen atoms in total. The van der Waals surface area contributed by atoms with Crippen molar-refractivity contribution in [3.8, 4) is 0 Å². The van der Waals surface area contributed by atoms with Gasteiger partial charge in [-0.05, 0) is 33.1 Å². The Bertz CT molecular complexity index is 541. The molecule has 1 atom stereocenters. The fraction of sp³-hybridized carbons (Fsp3) is 0.615. The molecule has 0 radical (unpaired) electrons. The second kappa shape index (κ2) is 5.83. The highest BCUT2D eigenvalue weighted by molar-refractivity contribution is 6.31. The molecule has 1 aromatic heterocycles. The van der Waals surface area contributed by atoms with Crippen molar-refractivity contribution in [1.29, 1.82) is 0 Å². The molecule has 1 saturated heterocycles. The number of carboxylic acids is 1. The molecule has 0 saturated carbocycles. The van der Waals surface area contributed by atoms with E-state index in [2.05, 4.69) is 5.10 Å². The van der Waals surface area contributed by atoms with Crippen molar-refractivity contribution < 1.29 is 14.7 Å². The minimum Gasteiger partial charge on any atom is -0.480 e. The van der Waals surface area contributed by atoms with Gasteiger partial charge in [-0.25, -0.2) is 4.79 Å². The van der Waals surface area contributed by atoms with Gasteiger partial charge in [-0.15, -0.1) is 0 Å². The number of amides is 1. The van der Waals surface area contributed by atoms with E-state index in [9.17, 15) is 14.7 Å². The minimum atomic E-state index is -0.940. The molecule has 0 aromatic carbocycles. The molecule has 0 bridgehead atoms. The average molecular weight is 300 g/mol. The monoisotopic (exact) mass is 299 g/mol. The number of aryl methyl sites for hydroxylation is 1. The largest absolute Gasteiger partial charge is 0.480 e. The van der Waals surface area contributed by atoms with Crippen LogP contribution in [0.5, 0.6) is 0 Å². The Morgan fingerprint density at radius 2 is 2.10 bits per heavy atom. The number of carboxylic acid groups (broad SMARTS) is 1. The molecule has 110 valence electrons.